The number of anilines is 1. The van der Waals surface area contributed by atoms with Gasteiger partial charge in [0.05, 0.1) is 0 Å². The number of nitrogens with zero attached hydrogens (tertiary/aromatic N) is 2. The zero-order chi connectivity index (χ0) is 12.4. The molecule has 0 radical (unpaired) electrons. The largest absolute Gasteiger partial charge is 0.396 e. The van der Waals surface area contributed by atoms with E-state index in [2.05, 4.69) is 15.3 Å². The van der Waals surface area contributed by atoms with Crippen LogP contribution in [0, 0.1) is 6.92 Å². The second-order valence-electron chi connectivity index (χ2n) is 4.68. The highest BCUT2D eigenvalue weighted by Crippen LogP contribution is 2.39. The second-order valence-corrected chi connectivity index (χ2v) is 5.04. The molecule has 0 saturated heterocycles. The maximum absolute atomic E-state index is 8.89. The first kappa shape index (κ1) is 12.6. The summed E-state index contributed by atoms with van der Waals surface area (Å²) in [7, 11) is 0. The van der Waals surface area contributed by atoms with Crippen LogP contribution in [-0.2, 0) is 0 Å². The summed E-state index contributed by atoms with van der Waals surface area (Å²) < 4.78 is 0. The van der Waals surface area contributed by atoms with Crippen molar-refractivity contribution in [1.82, 2.24) is 9.97 Å². The van der Waals surface area contributed by atoms with Crippen molar-refractivity contribution < 1.29 is 5.11 Å². The molecule has 1 aliphatic carbocycles. The number of hydrogen-bond acceptors (Lipinski definition) is 4. The molecular weight excluding hydrogens is 238 g/mol. The van der Waals surface area contributed by atoms with E-state index in [0.717, 1.165) is 30.0 Å². The minimum Gasteiger partial charge on any atom is -0.396 e. The zero-order valence-electron chi connectivity index (χ0n) is 10.2. The van der Waals surface area contributed by atoms with E-state index in [4.69, 9.17) is 16.7 Å². The molecule has 1 unspecified atom stereocenters. The van der Waals surface area contributed by atoms with Gasteiger partial charge in [-0.25, -0.2) is 9.97 Å². The molecule has 1 aromatic rings. The van der Waals surface area contributed by atoms with Crippen LogP contribution in [0.25, 0.3) is 0 Å². The Morgan fingerprint density at radius 3 is 2.76 bits per heavy atom. The molecule has 0 spiro atoms. The third-order valence-corrected chi connectivity index (χ3v) is 3.36. The fourth-order valence-corrected chi connectivity index (χ4v) is 1.85. The van der Waals surface area contributed by atoms with Crippen LogP contribution in [0.5, 0.6) is 0 Å². The Bertz CT molecular complexity index is 407. The van der Waals surface area contributed by atoms with Gasteiger partial charge in [0.1, 0.15) is 16.8 Å². The Morgan fingerprint density at radius 1 is 1.47 bits per heavy atom. The van der Waals surface area contributed by atoms with Crippen molar-refractivity contribution in [3.8, 4) is 0 Å². The lowest BCUT2D eigenvalue weighted by atomic mass is 10.2. The van der Waals surface area contributed by atoms with Gasteiger partial charge in [0, 0.05) is 24.1 Å². The highest BCUT2D eigenvalue weighted by molar-refractivity contribution is 6.30. The Kier molecular flexibility index (Phi) is 3.84. The molecule has 1 heterocycles. The lowest BCUT2D eigenvalue weighted by Crippen LogP contribution is -2.19. The van der Waals surface area contributed by atoms with Crippen molar-refractivity contribution in [2.45, 2.75) is 45.1 Å². The van der Waals surface area contributed by atoms with Crippen LogP contribution in [0.1, 0.15) is 43.5 Å². The lowest BCUT2D eigenvalue weighted by Gasteiger charge is -2.16. The Hall–Kier alpha value is -0.870. The SMILES string of the molecule is Cc1c(Cl)nc(C2CC2)nc1NC(C)CCO. The summed E-state index contributed by atoms with van der Waals surface area (Å²) >= 11 is 6.11. The third kappa shape index (κ3) is 3.07. The van der Waals surface area contributed by atoms with Gasteiger partial charge >= 0.3 is 0 Å². The van der Waals surface area contributed by atoms with E-state index < -0.39 is 0 Å². The summed E-state index contributed by atoms with van der Waals surface area (Å²) in [5.41, 5.74) is 0.876. The van der Waals surface area contributed by atoms with Crippen LogP contribution >= 0.6 is 11.6 Å². The minimum atomic E-state index is 0.168. The summed E-state index contributed by atoms with van der Waals surface area (Å²) in [6.07, 6.45) is 3.01. The van der Waals surface area contributed by atoms with Crippen LogP contribution in [0.3, 0.4) is 0 Å². The molecule has 0 bridgehead atoms. The monoisotopic (exact) mass is 255 g/mol. The van der Waals surface area contributed by atoms with Crippen LogP contribution < -0.4 is 5.32 Å². The highest BCUT2D eigenvalue weighted by Gasteiger charge is 2.28. The molecule has 94 valence electrons. The minimum absolute atomic E-state index is 0.168. The van der Waals surface area contributed by atoms with Gasteiger partial charge < -0.3 is 10.4 Å². The molecule has 1 aromatic heterocycles. The van der Waals surface area contributed by atoms with E-state index in [-0.39, 0.29) is 12.6 Å². The molecule has 0 aromatic carbocycles. The number of halogens is 1. The number of aromatic nitrogens is 2. The highest BCUT2D eigenvalue weighted by atomic mass is 35.5. The van der Waals surface area contributed by atoms with E-state index in [0.29, 0.717) is 17.5 Å². The summed E-state index contributed by atoms with van der Waals surface area (Å²) in [4.78, 5) is 8.84. The van der Waals surface area contributed by atoms with Crippen molar-refractivity contribution in [1.29, 1.82) is 0 Å². The average Bonchev–Trinajstić information content (AvgIpc) is 3.08. The van der Waals surface area contributed by atoms with Crippen molar-refractivity contribution in [2.24, 2.45) is 0 Å². The first-order chi connectivity index (χ1) is 8.11. The quantitative estimate of drug-likeness (QED) is 0.794. The molecule has 4 nitrogen and oxygen atoms in total. The zero-order valence-corrected chi connectivity index (χ0v) is 11.0. The molecular formula is C12H18ClN3O. The molecule has 0 amide bonds. The Labute approximate surface area is 106 Å². The number of rotatable bonds is 5. The van der Waals surface area contributed by atoms with Crippen LogP contribution in [0.2, 0.25) is 5.15 Å². The van der Waals surface area contributed by atoms with E-state index in [1.807, 2.05) is 13.8 Å². The molecule has 1 saturated carbocycles. The smallest absolute Gasteiger partial charge is 0.137 e. The van der Waals surface area contributed by atoms with Crippen molar-refractivity contribution in [3.05, 3.63) is 16.5 Å². The van der Waals surface area contributed by atoms with Crippen molar-refractivity contribution >= 4 is 17.4 Å². The average molecular weight is 256 g/mol. The maximum Gasteiger partial charge on any atom is 0.137 e. The fraction of sp³-hybridized carbons (Fsp3) is 0.667. The number of nitrogens with one attached hydrogen (secondary N) is 1. The van der Waals surface area contributed by atoms with Gasteiger partial charge in [-0.05, 0) is 33.1 Å². The molecule has 0 aliphatic heterocycles. The summed E-state index contributed by atoms with van der Waals surface area (Å²) in [5, 5.41) is 12.7. The second kappa shape index (κ2) is 5.19. The standard InChI is InChI=1S/C12H18ClN3O/c1-7(5-6-17)14-11-8(2)10(13)15-12(16-11)9-3-4-9/h7,9,17H,3-6H2,1-2H3,(H,14,15,16). The van der Waals surface area contributed by atoms with E-state index >= 15 is 0 Å². The van der Waals surface area contributed by atoms with Gasteiger partial charge in [0.25, 0.3) is 0 Å². The van der Waals surface area contributed by atoms with Gasteiger partial charge in [0.2, 0.25) is 0 Å². The number of hydrogen-bond donors (Lipinski definition) is 2. The number of aliphatic hydroxyl groups excluding tert-OH is 1. The first-order valence-corrected chi connectivity index (χ1v) is 6.41. The van der Waals surface area contributed by atoms with Crippen LogP contribution in [0.4, 0.5) is 5.82 Å². The molecule has 2 rings (SSSR count). The first-order valence-electron chi connectivity index (χ1n) is 6.03. The van der Waals surface area contributed by atoms with E-state index in [9.17, 15) is 0 Å². The summed E-state index contributed by atoms with van der Waals surface area (Å²) in [6, 6.07) is 0.178. The Morgan fingerprint density at radius 2 is 2.18 bits per heavy atom. The van der Waals surface area contributed by atoms with Gasteiger partial charge in [-0.2, -0.15) is 0 Å². The predicted octanol–water partition coefficient (Wildman–Crippen LogP) is 2.50. The topological polar surface area (TPSA) is 58.0 Å². The summed E-state index contributed by atoms with van der Waals surface area (Å²) in [6.45, 7) is 4.09. The molecule has 1 fully saturated rings. The maximum atomic E-state index is 8.89. The fourth-order valence-electron chi connectivity index (χ4n) is 1.67. The van der Waals surface area contributed by atoms with Gasteiger partial charge in [-0.1, -0.05) is 11.6 Å². The predicted molar refractivity (Wildman–Crippen MR) is 68.5 cm³/mol. The summed E-state index contributed by atoms with van der Waals surface area (Å²) in [5.74, 6) is 2.13. The normalized spacial score (nSPS) is 16.9. The van der Waals surface area contributed by atoms with E-state index in [1.165, 1.54) is 0 Å². The molecule has 2 N–H and O–H groups in total. The van der Waals surface area contributed by atoms with Crippen molar-refractivity contribution in [3.63, 3.8) is 0 Å². The molecule has 17 heavy (non-hydrogen) atoms. The third-order valence-electron chi connectivity index (χ3n) is 2.99. The van der Waals surface area contributed by atoms with Crippen LogP contribution in [0.15, 0.2) is 0 Å². The molecule has 1 aliphatic rings. The van der Waals surface area contributed by atoms with Gasteiger partial charge in [-0.15, -0.1) is 0 Å². The van der Waals surface area contributed by atoms with E-state index in [1.54, 1.807) is 0 Å². The van der Waals surface area contributed by atoms with Gasteiger partial charge in [-0.3, -0.25) is 0 Å². The molecule has 5 heteroatoms. The van der Waals surface area contributed by atoms with Gasteiger partial charge in [0.15, 0.2) is 0 Å². The Balaban J connectivity index is 2.19. The molecule has 1 atom stereocenters. The van der Waals surface area contributed by atoms with Crippen molar-refractivity contribution in [2.75, 3.05) is 11.9 Å². The number of aliphatic hydroxyl groups is 1. The van der Waals surface area contributed by atoms with Crippen LogP contribution in [-0.4, -0.2) is 27.7 Å². The lowest BCUT2D eigenvalue weighted by molar-refractivity contribution is 0.282.